The molecular formula is C21H22N4O5S. The van der Waals surface area contributed by atoms with Gasteiger partial charge >= 0.3 is 0 Å². The lowest BCUT2D eigenvalue weighted by Gasteiger charge is -2.16. The number of carbonyl (C=O) groups excluding carboxylic acids is 1. The number of ether oxygens (including phenoxy) is 3. The van der Waals surface area contributed by atoms with Crippen LogP contribution in [-0.2, 0) is 17.1 Å². The third kappa shape index (κ3) is 5.76. The number of hydrogen-bond donors (Lipinski definition) is 1. The number of thioether (sulfide) groups is 1. The van der Waals surface area contributed by atoms with E-state index in [0.29, 0.717) is 33.8 Å². The maximum atomic E-state index is 12.7. The molecule has 0 aliphatic heterocycles. The number of aromatic nitrogens is 3. The van der Waals surface area contributed by atoms with Gasteiger partial charge in [0.05, 0.1) is 33.2 Å². The molecule has 0 fully saturated rings. The van der Waals surface area contributed by atoms with Crippen LogP contribution in [0.5, 0.6) is 17.2 Å². The number of nitrogens with zero attached hydrogens (tertiary/aromatic N) is 3. The lowest BCUT2D eigenvalue weighted by atomic mass is 10.2. The smallest absolute Gasteiger partial charge is 0.244 e. The Balaban J connectivity index is 1.80. The Morgan fingerprint density at radius 3 is 2.48 bits per heavy atom. The largest absolute Gasteiger partial charge is 0.497 e. The molecule has 1 aromatic carbocycles. The highest BCUT2D eigenvalue weighted by molar-refractivity contribution is 7.98. The van der Waals surface area contributed by atoms with Gasteiger partial charge in [0.15, 0.2) is 10.9 Å². The summed E-state index contributed by atoms with van der Waals surface area (Å²) < 4.78 is 17.3. The molecule has 0 saturated heterocycles. The van der Waals surface area contributed by atoms with Crippen molar-refractivity contribution in [3.8, 4) is 17.2 Å². The first-order chi connectivity index (χ1) is 15.0. The first-order valence-electron chi connectivity index (χ1n) is 9.23. The Kier molecular flexibility index (Phi) is 7.50. The van der Waals surface area contributed by atoms with Crippen LogP contribution in [0, 0.1) is 0 Å². The Morgan fingerprint density at radius 1 is 1.06 bits per heavy atom. The summed E-state index contributed by atoms with van der Waals surface area (Å²) in [6.07, 6.45) is 4.81. The van der Waals surface area contributed by atoms with Gasteiger partial charge in [0.25, 0.3) is 0 Å². The molecule has 31 heavy (non-hydrogen) atoms. The van der Waals surface area contributed by atoms with Gasteiger partial charge in [0, 0.05) is 36.0 Å². The number of methoxy groups -OCH3 is 3. The van der Waals surface area contributed by atoms with Gasteiger partial charge in [-0.3, -0.25) is 9.59 Å². The van der Waals surface area contributed by atoms with Gasteiger partial charge in [-0.2, -0.15) is 0 Å². The summed E-state index contributed by atoms with van der Waals surface area (Å²) in [5.74, 6) is 1.35. The Morgan fingerprint density at radius 2 is 1.81 bits per heavy atom. The van der Waals surface area contributed by atoms with Crippen molar-refractivity contribution in [1.29, 1.82) is 0 Å². The van der Waals surface area contributed by atoms with Gasteiger partial charge in [0.1, 0.15) is 18.0 Å². The summed E-state index contributed by atoms with van der Waals surface area (Å²) in [7, 11) is 4.48. The van der Waals surface area contributed by atoms with E-state index in [1.54, 1.807) is 48.3 Å². The molecule has 0 spiro atoms. The van der Waals surface area contributed by atoms with Crippen molar-refractivity contribution in [2.45, 2.75) is 17.5 Å². The Labute approximate surface area is 183 Å². The number of hydrogen-bond acceptors (Lipinski definition) is 8. The predicted molar refractivity (Wildman–Crippen MR) is 117 cm³/mol. The lowest BCUT2D eigenvalue weighted by molar-refractivity contribution is -0.116. The van der Waals surface area contributed by atoms with E-state index in [9.17, 15) is 9.59 Å². The second-order valence-corrected chi connectivity index (χ2v) is 7.20. The van der Waals surface area contributed by atoms with Gasteiger partial charge in [-0.15, -0.1) is 0 Å². The molecule has 0 radical (unpaired) electrons. The number of rotatable bonds is 9. The van der Waals surface area contributed by atoms with E-state index in [0.717, 1.165) is 0 Å². The van der Waals surface area contributed by atoms with Crippen LogP contribution in [0.15, 0.2) is 58.9 Å². The van der Waals surface area contributed by atoms with E-state index in [1.165, 1.54) is 38.2 Å². The van der Waals surface area contributed by atoms with E-state index in [4.69, 9.17) is 14.2 Å². The molecule has 0 saturated carbocycles. The van der Waals surface area contributed by atoms with Crippen LogP contribution in [-0.4, -0.2) is 41.8 Å². The van der Waals surface area contributed by atoms with Gasteiger partial charge in [0.2, 0.25) is 11.3 Å². The minimum Gasteiger partial charge on any atom is -0.497 e. The number of nitrogens with one attached hydrogen (secondary N) is 1. The van der Waals surface area contributed by atoms with E-state index in [2.05, 4.69) is 15.3 Å². The van der Waals surface area contributed by atoms with Gasteiger partial charge in [-0.05, 0) is 18.2 Å². The molecular weight excluding hydrogens is 420 g/mol. The SMILES string of the molecule is COc1ccc(NC(=O)Cn2cc(OC)c(=O)cc2CSc2ncccn2)c(OC)c1. The first-order valence-corrected chi connectivity index (χ1v) is 10.2. The number of carbonyl (C=O) groups is 1. The van der Waals surface area contributed by atoms with Crippen LogP contribution >= 0.6 is 11.8 Å². The number of anilines is 1. The summed E-state index contributed by atoms with van der Waals surface area (Å²) >= 11 is 1.36. The number of benzene rings is 1. The summed E-state index contributed by atoms with van der Waals surface area (Å²) in [5, 5.41) is 3.40. The van der Waals surface area contributed by atoms with Gasteiger partial charge < -0.3 is 24.1 Å². The molecule has 0 unspecified atom stereocenters. The molecule has 1 amide bonds. The van der Waals surface area contributed by atoms with E-state index < -0.39 is 0 Å². The molecule has 1 N–H and O–H groups in total. The summed E-state index contributed by atoms with van der Waals surface area (Å²) in [6, 6.07) is 8.29. The average Bonchev–Trinajstić information content (AvgIpc) is 2.79. The molecule has 0 bridgehead atoms. The number of amides is 1. The topological polar surface area (TPSA) is 105 Å². The average molecular weight is 442 g/mol. The second kappa shape index (κ2) is 10.5. The van der Waals surface area contributed by atoms with E-state index in [1.807, 2.05) is 0 Å². The molecule has 2 aromatic heterocycles. The zero-order valence-corrected chi connectivity index (χ0v) is 18.1. The fraction of sp³-hybridized carbons (Fsp3) is 0.238. The van der Waals surface area contributed by atoms with Crippen LogP contribution < -0.4 is 25.0 Å². The van der Waals surface area contributed by atoms with E-state index >= 15 is 0 Å². The van der Waals surface area contributed by atoms with Crippen LogP contribution in [0.25, 0.3) is 0 Å². The fourth-order valence-electron chi connectivity index (χ4n) is 2.76. The molecule has 3 rings (SSSR count). The van der Waals surface area contributed by atoms with Crippen molar-refractivity contribution >= 4 is 23.4 Å². The normalized spacial score (nSPS) is 10.4. The van der Waals surface area contributed by atoms with Crippen molar-refractivity contribution in [3.05, 3.63) is 64.8 Å². The van der Waals surface area contributed by atoms with Crippen molar-refractivity contribution in [1.82, 2.24) is 14.5 Å². The zero-order chi connectivity index (χ0) is 22.2. The van der Waals surface area contributed by atoms with Crippen LogP contribution in [0.1, 0.15) is 5.69 Å². The van der Waals surface area contributed by atoms with Crippen molar-refractivity contribution in [2.75, 3.05) is 26.6 Å². The lowest BCUT2D eigenvalue weighted by Crippen LogP contribution is -2.23. The van der Waals surface area contributed by atoms with E-state index in [-0.39, 0.29) is 23.6 Å². The third-order valence-corrected chi connectivity index (χ3v) is 5.20. The maximum absolute atomic E-state index is 12.7. The molecule has 2 heterocycles. The molecule has 162 valence electrons. The van der Waals surface area contributed by atoms with Crippen LogP contribution in [0.3, 0.4) is 0 Å². The highest BCUT2D eigenvalue weighted by Gasteiger charge is 2.14. The van der Waals surface area contributed by atoms with Crippen molar-refractivity contribution in [3.63, 3.8) is 0 Å². The standard InChI is InChI=1S/C21H22N4O5S/c1-28-15-5-6-16(18(10-15)29-2)24-20(27)12-25-11-19(30-3)17(26)9-14(25)13-31-21-22-7-4-8-23-21/h4-11H,12-13H2,1-3H3,(H,24,27). The predicted octanol–water partition coefficient (Wildman–Crippen LogP) is 2.60. The molecule has 0 aliphatic carbocycles. The Hall–Kier alpha value is -3.53. The minimum absolute atomic E-state index is 0.0304. The summed E-state index contributed by atoms with van der Waals surface area (Å²) in [4.78, 5) is 33.3. The number of pyridine rings is 1. The molecule has 0 atom stereocenters. The summed E-state index contributed by atoms with van der Waals surface area (Å²) in [6.45, 7) is -0.0304. The van der Waals surface area contributed by atoms with Crippen LogP contribution in [0.4, 0.5) is 5.69 Å². The molecule has 3 aromatic rings. The first kappa shape index (κ1) is 22.2. The third-order valence-electron chi connectivity index (χ3n) is 4.29. The molecule has 0 aliphatic rings. The van der Waals surface area contributed by atoms with Crippen molar-refractivity contribution < 1.29 is 19.0 Å². The highest BCUT2D eigenvalue weighted by atomic mass is 32.2. The van der Waals surface area contributed by atoms with Gasteiger partial charge in [-0.25, -0.2) is 9.97 Å². The molecule has 10 heteroatoms. The fourth-order valence-corrected chi connectivity index (χ4v) is 3.56. The van der Waals surface area contributed by atoms with Crippen molar-refractivity contribution in [2.24, 2.45) is 0 Å². The minimum atomic E-state index is -0.295. The maximum Gasteiger partial charge on any atom is 0.244 e. The van der Waals surface area contributed by atoms with Crippen LogP contribution in [0.2, 0.25) is 0 Å². The second-order valence-electron chi connectivity index (χ2n) is 6.26. The molecule has 9 nitrogen and oxygen atoms in total. The van der Waals surface area contributed by atoms with Gasteiger partial charge in [-0.1, -0.05) is 11.8 Å². The highest BCUT2D eigenvalue weighted by Crippen LogP contribution is 2.29. The Bertz CT molecular complexity index is 1100. The zero-order valence-electron chi connectivity index (χ0n) is 17.3. The quantitative estimate of drug-likeness (QED) is 0.398. The summed E-state index contributed by atoms with van der Waals surface area (Å²) in [5.41, 5.74) is 0.885. The monoisotopic (exact) mass is 442 g/mol.